The second-order valence-electron chi connectivity index (χ2n) is 5.60. The van der Waals surface area contributed by atoms with Crippen LogP contribution in [0.4, 0.5) is 8.78 Å². The van der Waals surface area contributed by atoms with Gasteiger partial charge in [0.15, 0.2) is 0 Å². The van der Waals surface area contributed by atoms with Crippen LogP contribution in [0.15, 0.2) is 53.4 Å². The fourth-order valence-corrected chi connectivity index (χ4v) is 3.25. The van der Waals surface area contributed by atoms with Crippen molar-refractivity contribution in [1.82, 2.24) is 4.90 Å². The van der Waals surface area contributed by atoms with Gasteiger partial charge >= 0.3 is 5.76 Å². The van der Waals surface area contributed by atoms with Gasteiger partial charge in [-0.05, 0) is 49.4 Å². The van der Waals surface area contributed by atoms with Gasteiger partial charge in [0.1, 0.15) is 0 Å². The van der Waals surface area contributed by atoms with Crippen LogP contribution in [-0.2, 0) is 16.4 Å². The van der Waals surface area contributed by atoms with E-state index >= 15 is 0 Å². The van der Waals surface area contributed by atoms with Gasteiger partial charge < -0.3 is 0 Å². The van der Waals surface area contributed by atoms with Crippen molar-refractivity contribution in [3.05, 3.63) is 64.7 Å². The summed E-state index contributed by atoms with van der Waals surface area (Å²) in [5.74, 6) is -3.41. The number of nitrogens with zero attached hydrogens (tertiary/aromatic N) is 1. The van der Waals surface area contributed by atoms with E-state index in [9.17, 15) is 17.2 Å². The molecule has 0 aliphatic carbocycles. The van der Waals surface area contributed by atoms with E-state index < -0.39 is 15.6 Å². The molecule has 7 heteroatoms. The summed E-state index contributed by atoms with van der Waals surface area (Å²) in [7, 11) is -2.62. The molecule has 0 heterocycles. The van der Waals surface area contributed by atoms with E-state index in [-0.39, 0.29) is 10.9 Å². The Balaban J connectivity index is 2.11. The third-order valence-electron chi connectivity index (χ3n) is 3.91. The molecule has 0 fully saturated rings. The lowest BCUT2D eigenvalue weighted by atomic mass is 10.1. The Morgan fingerprint density at radius 1 is 1.12 bits per heavy atom. The molecule has 0 spiro atoms. The Kier molecular flexibility index (Phi) is 5.96. The molecule has 2 aromatic carbocycles. The lowest BCUT2D eigenvalue weighted by Gasteiger charge is -2.25. The number of benzene rings is 2. The van der Waals surface area contributed by atoms with Gasteiger partial charge in [-0.25, -0.2) is 8.42 Å². The Morgan fingerprint density at radius 3 is 2.29 bits per heavy atom. The molecule has 2 aromatic rings. The largest absolute Gasteiger partial charge is 0.341 e. The van der Waals surface area contributed by atoms with Gasteiger partial charge in [-0.1, -0.05) is 35.9 Å². The van der Waals surface area contributed by atoms with E-state index in [2.05, 4.69) is 4.90 Å². The molecule has 1 unspecified atom stereocenters. The van der Waals surface area contributed by atoms with Gasteiger partial charge in [-0.3, -0.25) is 4.90 Å². The zero-order valence-electron chi connectivity index (χ0n) is 13.3. The molecule has 0 aromatic heterocycles. The Hall–Kier alpha value is -1.50. The van der Waals surface area contributed by atoms with Crippen molar-refractivity contribution in [3.63, 3.8) is 0 Å². The first-order valence-electron chi connectivity index (χ1n) is 7.28. The predicted molar refractivity (Wildman–Crippen MR) is 91.0 cm³/mol. The molecule has 0 saturated carbocycles. The lowest BCUT2D eigenvalue weighted by molar-refractivity contribution is 0.234. The molecule has 0 saturated heterocycles. The summed E-state index contributed by atoms with van der Waals surface area (Å²) in [6, 6.07) is 13.2. The lowest BCUT2D eigenvalue weighted by Crippen LogP contribution is -2.22. The third-order valence-corrected chi connectivity index (χ3v) is 5.54. The number of hydrogen-bond donors (Lipinski definition) is 0. The van der Waals surface area contributed by atoms with E-state index in [0.29, 0.717) is 11.6 Å². The topological polar surface area (TPSA) is 37.4 Å². The predicted octanol–water partition coefficient (Wildman–Crippen LogP) is 4.53. The maximum Gasteiger partial charge on any atom is 0.341 e. The quantitative estimate of drug-likeness (QED) is 0.746. The summed E-state index contributed by atoms with van der Waals surface area (Å²) in [5, 5.41) is 0.661. The average molecular weight is 374 g/mol. The zero-order valence-corrected chi connectivity index (χ0v) is 14.9. The highest BCUT2D eigenvalue weighted by atomic mass is 35.5. The molecule has 0 radical (unpaired) electrons. The highest BCUT2D eigenvalue weighted by molar-refractivity contribution is 7.91. The normalized spacial score (nSPS) is 13.5. The number of halogens is 3. The van der Waals surface area contributed by atoms with Crippen molar-refractivity contribution >= 4 is 21.4 Å². The molecule has 0 N–H and O–H groups in total. The van der Waals surface area contributed by atoms with Crippen LogP contribution in [0.3, 0.4) is 0 Å². The second kappa shape index (κ2) is 7.59. The summed E-state index contributed by atoms with van der Waals surface area (Å²) in [6.07, 6.45) is 0. The van der Waals surface area contributed by atoms with Gasteiger partial charge in [0.25, 0.3) is 0 Å². The highest BCUT2D eigenvalue weighted by Crippen LogP contribution is 2.24. The van der Waals surface area contributed by atoms with Crippen molar-refractivity contribution in [3.8, 4) is 0 Å². The molecular weight excluding hydrogens is 356 g/mol. The Morgan fingerprint density at radius 2 is 1.75 bits per heavy atom. The summed E-state index contributed by atoms with van der Waals surface area (Å²) < 4.78 is 47.9. The van der Waals surface area contributed by atoms with E-state index in [1.807, 2.05) is 32.2 Å². The zero-order chi connectivity index (χ0) is 17.9. The first kappa shape index (κ1) is 18.8. The molecule has 24 heavy (non-hydrogen) atoms. The number of sulfone groups is 1. The molecule has 0 bridgehead atoms. The molecule has 0 amide bonds. The number of alkyl halides is 2. The summed E-state index contributed by atoms with van der Waals surface area (Å²) in [6.45, 7) is 2.57. The van der Waals surface area contributed by atoms with Gasteiger partial charge in [-0.2, -0.15) is 8.78 Å². The summed E-state index contributed by atoms with van der Waals surface area (Å²) >= 11 is 6.00. The fourth-order valence-electron chi connectivity index (χ4n) is 2.33. The minimum absolute atomic E-state index is 0.0909. The highest BCUT2D eigenvalue weighted by Gasteiger charge is 2.26. The second-order valence-corrected chi connectivity index (χ2v) is 7.95. The maximum atomic E-state index is 12.5. The van der Waals surface area contributed by atoms with Crippen LogP contribution < -0.4 is 0 Å². The van der Waals surface area contributed by atoms with E-state index in [0.717, 1.165) is 11.1 Å². The Labute approximate surface area is 145 Å². The SMILES string of the molecule is CC(c1cccc(Cl)c1)N(C)Cc1ccc(S(=O)(=O)C(F)F)cc1. The van der Waals surface area contributed by atoms with E-state index in [4.69, 9.17) is 11.6 Å². The van der Waals surface area contributed by atoms with Crippen molar-refractivity contribution in [2.45, 2.75) is 30.2 Å². The molecule has 130 valence electrons. The first-order valence-corrected chi connectivity index (χ1v) is 9.21. The summed E-state index contributed by atoms with van der Waals surface area (Å²) in [4.78, 5) is 1.69. The van der Waals surface area contributed by atoms with Crippen molar-refractivity contribution < 1.29 is 17.2 Å². The molecule has 2 rings (SSSR count). The molecule has 3 nitrogen and oxygen atoms in total. The van der Waals surface area contributed by atoms with Gasteiger partial charge in [0.05, 0.1) is 4.90 Å². The van der Waals surface area contributed by atoms with Crippen molar-refractivity contribution in [2.75, 3.05) is 7.05 Å². The number of hydrogen-bond acceptors (Lipinski definition) is 3. The molecule has 0 aliphatic rings. The first-order chi connectivity index (χ1) is 11.2. The van der Waals surface area contributed by atoms with Gasteiger partial charge in [0.2, 0.25) is 9.84 Å². The third kappa shape index (κ3) is 4.32. The molecule has 1 atom stereocenters. The Bertz CT molecular complexity index is 794. The standard InChI is InChI=1S/C17H18ClF2NO2S/c1-12(14-4-3-5-15(18)10-14)21(2)11-13-6-8-16(9-7-13)24(22,23)17(19)20/h3-10,12,17H,11H2,1-2H3. The molecular formula is C17H18ClF2NO2S. The van der Waals surface area contributed by atoms with Crippen LogP contribution in [-0.4, -0.2) is 26.1 Å². The van der Waals surface area contributed by atoms with Crippen LogP contribution in [0.2, 0.25) is 5.02 Å². The van der Waals surface area contributed by atoms with Gasteiger partial charge in [0, 0.05) is 17.6 Å². The maximum absolute atomic E-state index is 12.5. The van der Waals surface area contributed by atoms with Crippen LogP contribution in [0, 0.1) is 0 Å². The average Bonchev–Trinajstić information content (AvgIpc) is 2.54. The minimum Gasteiger partial charge on any atom is -0.295 e. The van der Waals surface area contributed by atoms with Crippen LogP contribution >= 0.6 is 11.6 Å². The van der Waals surface area contributed by atoms with Gasteiger partial charge in [-0.15, -0.1) is 0 Å². The smallest absolute Gasteiger partial charge is 0.295 e. The van der Waals surface area contributed by atoms with E-state index in [1.54, 1.807) is 18.2 Å². The fraction of sp³-hybridized carbons (Fsp3) is 0.294. The van der Waals surface area contributed by atoms with Crippen molar-refractivity contribution in [2.24, 2.45) is 0 Å². The monoisotopic (exact) mass is 373 g/mol. The van der Waals surface area contributed by atoms with Crippen LogP contribution in [0.25, 0.3) is 0 Å². The minimum atomic E-state index is -4.55. The van der Waals surface area contributed by atoms with Crippen LogP contribution in [0.1, 0.15) is 24.1 Å². The number of rotatable bonds is 6. The van der Waals surface area contributed by atoms with Crippen molar-refractivity contribution in [1.29, 1.82) is 0 Å². The van der Waals surface area contributed by atoms with Crippen LogP contribution in [0.5, 0.6) is 0 Å². The van der Waals surface area contributed by atoms with E-state index in [1.165, 1.54) is 12.1 Å². The summed E-state index contributed by atoms with van der Waals surface area (Å²) in [5.41, 5.74) is 1.89. The molecule has 0 aliphatic heterocycles.